The molecule has 1 aliphatic rings. The van der Waals surface area contributed by atoms with Crippen LogP contribution in [0.2, 0.25) is 0 Å². The number of thioether (sulfide) groups is 1. The minimum Gasteiger partial charge on any atom is -0.496 e. The number of aliphatic carboxylic acids is 1. The van der Waals surface area contributed by atoms with Crippen molar-refractivity contribution >= 4 is 23.4 Å². The Morgan fingerprint density at radius 3 is 2.85 bits per heavy atom. The van der Waals surface area contributed by atoms with Gasteiger partial charge in [0.05, 0.1) is 23.5 Å². The summed E-state index contributed by atoms with van der Waals surface area (Å²) < 4.78 is 11.1. The molecular weight excluding hydrogens is 372 g/mol. The second-order valence-electron chi connectivity index (χ2n) is 5.89. The lowest BCUT2D eigenvalue weighted by Gasteiger charge is -2.16. The Hall–Kier alpha value is -2.78. The van der Waals surface area contributed by atoms with Gasteiger partial charge in [0.1, 0.15) is 24.1 Å². The number of carboxylic acids is 1. The molecule has 0 amide bonds. The molecular formula is C18H18N2O6S. The first-order valence-electron chi connectivity index (χ1n) is 8.12. The Balaban J connectivity index is 1.75. The van der Waals surface area contributed by atoms with Gasteiger partial charge in [-0.05, 0) is 23.8 Å². The third kappa shape index (κ3) is 4.50. The van der Waals surface area contributed by atoms with E-state index < -0.39 is 16.9 Å². The molecule has 2 aromatic rings. The van der Waals surface area contributed by atoms with E-state index in [0.29, 0.717) is 17.3 Å². The molecule has 1 aliphatic heterocycles. The Bertz CT molecular complexity index is 859. The van der Waals surface area contributed by atoms with Crippen LogP contribution in [0.1, 0.15) is 16.5 Å². The summed E-state index contributed by atoms with van der Waals surface area (Å²) in [4.78, 5) is 21.5. The fourth-order valence-corrected chi connectivity index (χ4v) is 3.95. The minimum absolute atomic E-state index is 0.0421. The third-order valence-electron chi connectivity index (χ3n) is 4.11. The van der Waals surface area contributed by atoms with Crippen LogP contribution in [0.5, 0.6) is 11.5 Å². The summed E-state index contributed by atoms with van der Waals surface area (Å²) in [5.74, 6) is 0.636. The van der Waals surface area contributed by atoms with Gasteiger partial charge in [-0.2, -0.15) is 0 Å². The van der Waals surface area contributed by atoms with Gasteiger partial charge < -0.3 is 14.6 Å². The van der Waals surface area contributed by atoms with Crippen molar-refractivity contribution in [2.24, 2.45) is 0 Å². The third-order valence-corrected chi connectivity index (χ3v) is 5.38. The molecule has 2 atom stereocenters. The quantitative estimate of drug-likeness (QED) is 0.548. The highest BCUT2D eigenvalue weighted by Gasteiger charge is 2.30. The number of hydrogen-bond donors (Lipinski definition) is 2. The summed E-state index contributed by atoms with van der Waals surface area (Å²) in [7, 11) is 1.55. The molecule has 0 saturated carbocycles. The van der Waals surface area contributed by atoms with Crippen molar-refractivity contribution in [1.82, 2.24) is 5.32 Å². The molecule has 1 saturated heterocycles. The van der Waals surface area contributed by atoms with E-state index in [0.717, 1.165) is 11.1 Å². The van der Waals surface area contributed by atoms with E-state index in [-0.39, 0.29) is 17.7 Å². The molecule has 27 heavy (non-hydrogen) atoms. The van der Waals surface area contributed by atoms with Crippen LogP contribution < -0.4 is 14.8 Å². The monoisotopic (exact) mass is 390 g/mol. The van der Waals surface area contributed by atoms with Crippen molar-refractivity contribution in [3.8, 4) is 11.5 Å². The number of benzene rings is 2. The number of nitro groups is 1. The van der Waals surface area contributed by atoms with Gasteiger partial charge in [0.15, 0.2) is 0 Å². The van der Waals surface area contributed by atoms with Gasteiger partial charge >= 0.3 is 5.97 Å². The largest absolute Gasteiger partial charge is 0.496 e. The normalized spacial score (nSPS) is 18.9. The molecule has 142 valence electrons. The lowest BCUT2D eigenvalue weighted by atomic mass is 10.1. The molecule has 2 N–H and O–H groups in total. The summed E-state index contributed by atoms with van der Waals surface area (Å²) >= 11 is 1.53. The Kier molecular flexibility index (Phi) is 5.82. The number of carbonyl (C=O) groups is 1. The summed E-state index contributed by atoms with van der Waals surface area (Å²) in [5, 5.41) is 22.9. The zero-order chi connectivity index (χ0) is 19.4. The van der Waals surface area contributed by atoms with E-state index in [9.17, 15) is 14.9 Å². The van der Waals surface area contributed by atoms with Gasteiger partial charge in [-0.15, -0.1) is 11.8 Å². The molecule has 0 unspecified atom stereocenters. The number of methoxy groups -OCH3 is 1. The molecule has 0 bridgehead atoms. The maximum atomic E-state index is 11.1. The lowest BCUT2D eigenvalue weighted by Crippen LogP contribution is -2.33. The molecule has 0 aromatic heterocycles. The maximum Gasteiger partial charge on any atom is 0.321 e. The molecule has 8 nitrogen and oxygen atoms in total. The van der Waals surface area contributed by atoms with Crippen LogP contribution in [0.25, 0.3) is 0 Å². The highest BCUT2D eigenvalue weighted by Crippen LogP contribution is 2.35. The first-order valence-corrected chi connectivity index (χ1v) is 9.17. The number of hydrogen-bond acceptors (Lipinski definition) is 7. The van der Waals surface area contributed by atoms with Gasteiger partial charge in [0.2, 0.25) is 0 Å². The number of nitrogens with one attached hydrogen (secondary N) is 1. The summed E-state index contributed by atoms with van der Waals surface area (Å²) in [6.45, 7) is 0.165. The lowest BCUT2D eigenvalue weighted by molar-refractivity contribution is -0.384. The van der Waals surface area contributed by atoms with Gasteiger partial charge in [-0.1, -0.05) is 12.1 Å². The van der Waals surface area contributed by atoms with E-state index in [1.807, 2.05) is 12.1 Å². The fourth-order valence-electron chi connectivity index (χ4n) is 2.73. The summed E-state index contributed by atoms with van der Waals surface area (Å²) in [5.41, 5.74) is 1.64. The number of nitrogens with zero attached hydrogens (tertiary/aromatic N) is 1. The van der Waals surface area contributed by atoms with Crippen LogP contribution >= 0.6 is 11.8 Å². The number of non-ortho nitro benzene ring substituents is 1. The molecule has 0 aliphatic carbocycles. The van der Waals surface area contributed by atoms with E-state index >= 15 is 0 Å². The molecule has 1 fully saturated rings. The van der Waals surface area contributed by atoms with E-state index in [1.165, 1.54) is 23.9 Å². The van der Waals surface area contributed by atoms with Crippen LogP contribution in [0.15, 0.2) is 42.5 Å². The zero-order valence-corrected chi connectivity index (χ0v) is 15.3. The van der Waals surface area contributed by atoms with Crippen LogP contribution in [0.3, 0.4) is 0 Å². The van der Waals surface area contributed by atoms with Crippen LogP contribution in [-0.2, 0) is 11.4 Å². The first kappa shape index (κ1) is 19.0. The second kappa shape index (κ2) is 8.28. The van der Waals surface area contributed by atoms with Crippen molar-refractivity contribution in [2.45, 2.75) is 18.0 Å². The number of nitro benzene ring substituents is 1. The number of rotatable bonds is 7. The highest BCUT2D eigenvalue weighted by atomic mass is 32.2. The number of ether oxygens (including phenoxy) is 2. The SMILES string of the molecule is COc1ccc([C@H]2N[C@H](C(=O)O)CS2)cc1COc1cccc([N+](=O)[O-])c1. The average Bonchev–Trinajstić information content (AvgIpc) is 3.17. The van der Waals surface area contributed by atoms with Crippen molar-refractivity contribution in [1.29, 1.82) is 0 Å². The molecule has 2 aromatic carbocycles. The Morgan fingerprint density at radius 1 is 1.37 bits per heavy atom. The smallest absolute Gasteiger partial charge is 0.321 e. The topological polar surface area (TPSA) is 111 Å². The van der Waals surface area contributed by atoms with Gasteiger partial charge in [0, 0.05) is 17.4 Å². The maximum absolute atomic E-state index is 11.1. The molecule has 9 heteroatoms. The van der Waals surface area contributed by atoms with Crippen LogP contribution in [0, 0.1) is 10.1 Å². The summed E-state index contributed by atoms with van der Waals surface area (Å²) in [6, 6.07) is 11.0. The van der Waals surface area contributed by atoms with E-state index in [2.05, 4.69) is 5.32 Å². The van der Waals surface area contributed by atoms with Crippen molar-refractivity contribution in [3.63, 3.8) is 0 Å². The molecule has 3 rings (SSSR count). The molecule has 0 radical (unpaired) electrons. The Labute approximate surface area is 159 Å². The second-order valence-corrected chi connectivity index (χ2v) is 7.02. The summed E-state index contributed by atoms with van der Waals surface area (Å²) in [6.07, 6.45) is 0. The number of carboxylic acid groups (broad SMARTS) is 1. The Morgan fingerprint density at radius 2 is 2.19 bits per heavy atom. The van der Waals surface area contributed by atoms with Crippen LogP contribution in [-0.4, -0.2) is 34.9 Å². The van der Waals surface area contributed by atoms with Gasteiger partial charge in [-0.25, -0.2) is 0 Å². The van der Waals surface area contributed by atoms with Crippen molar-refractivity contribution in [3.05, 3.63) is 63.7 Å². The van der Waals surface area contributed by atoms with Gasteiger partial charge in [0.25, 0.3) is 5.69 Å². The van der Waals surface area contributed by atoms with Crippen molar-refractivity contribution in [2.75, 3.05) is 12.9 Å². The highest BCUT2D eigenvalue weighted by molar-refractivity contribution is 7.99. The first-order chi connectivity index (χ1) is 13.0. The molecule has 1 heterocycles. The van der Waals surface area contributed by atoms with Crippen molar-refractivity contribution < 1.29 is 24.3 Å². The zero-order valence-electron chi connectivity index (χ0n) is 14.5. The fraction of sp³-hybridized carbons (Fsp3) is 0.278. The van der Waals surface area contributed by atoms with Crippen LogP contribution in [0.4, 0.5) is 5.69 Å². The molecule has 0 spiro atoms. The van der Waals surface area contributed by atoms with E-state index in [4.69, 9.17) is 14.6 Å². The predicted octanol–water partition coefficient (Wildman–Crippen LogP) is 2.97. The standard InChI is InChI=1S/C18H18N2O6S/c1-25-16-6-5-11(17-19-15(10-27-17)18(21)22)7-12(16)9-26-14-4-2-3-13(8-14)20(23)24/h2-8,15,17,19H,9-10H2,1H3,(H,21,22)/t15-,17-/m0/s1. The predicted molar refractivity (Wildman–Crippen MR) is 100 cm³/mol. The van der Waals surface area contributed by atoms with E-state index in [1.54, 1.807) is 25.3 Å². The van der Waals surface area contributed by atoms with Gasteiger partial charge in [-0.3, -0.25) is 20.2 Å². The minimum atomic E-state index is -0.868. The average molecular weight is 390 g/mol.